The lowest BCUT2D eigenvalue weighted by molar-refractivity contribution is -0.121. The summed E-state index contributed by atoms with van der Waals surface area (Å²) in [5, 5.41) is 6.27. The molecule has 2 aliphatic heterocycles. The zero-order chi connectivity index (χ0) is 21.3. The molecule has 2 heterocycles. The Kier molecular flexibility index (Phi) is 5.57. The topological polar surface area (TPSA) is 113 Å². The zero-order valence-corrected chi connectivity index (χ0v) is 18.1. The van der Waals surface area contributed by atoms with Crippen LogP contribution in [0, 0.1) is 0 Å². The minimum atomic E-state index is -1.16. The Labute approximate surface area is 183 Å². The lowest BCUT2D eigenvalue weighted by Gasteiger charge is -2.28. The number of primary amides is 1. The second-order valence-electron chi connectivity index (χ2n) is 7.10. The molecule has 2 aromatic rings. The van der Waals surface area contributed by atoms with Crippen LogP contribution < -0.4 is 22.1 Å². The van der Waals surface area contributed by atoms with Crippen LogP contribution in [-0.2, 0) is 9.67 Å². The average Bonchev–Trinajstić information content (AvgIpc) is 3.14. The van der Waals surface area contributed by atoms with Gasteiger partial charge in [-0.05, 0) is 30.5 Å². The van der Waals surface area contributed by atoms with E-state index in [0.717, 1.165) is 21.2 Å². The first-order chi connectivity index (χ1) is 14.4. The summed E-state index contributed by atoms with van der Waals surface area (Å²) in [7, 11) is 0. The number of anilines is 2. The Morgan fingerprint density at radius 2 is 2.03 bits per heavy atom. The summed E-state index contributed by atoms with van der Waals surface area (Å²) >= 11 is 2.96. The van der Waals surface area contributed by atoms with Gasteiger partial charge < -0.3 is 27.0 Å². The van der Waals surface area contributed by atoms with E-state index in [-0.39, 0.29) is 6.03 Å². The van der Waals surface area contributed by atoms with Crippen LogP contribution >= 0.6 is 23.5 Å². The fourth-order valence-electron chi connectivity index (χ4n) is 3.64. The molecule has 0 radical (unpaired) electrons. The maximum Gasteiger partial charge on any atom is 0.322 e. The number of carbonyl (C=O) groups excluding carboxylic acids is 2. The summed E-state index contributed by atoms with van der Waals surface area (Å²) in [6.45, 7) is 0.947. The van der Waals surface area contributed by atoms with Crippen LogP contribution in [0.3, 0.4) is 0 Å². The zero-order valence-electron chi connectivity index (χ0n) is 16.5. The second kappa shape index (κ2) is 8.16. The van der Waals surface area contributed by atoms with E-state index in [2.05, 4.69) is 10.6 Å². The summed E-state index contributed by atoms with van der Waals surface area (Å²) in [6.07, 6.45) is 2.61. The third-order valence-electron chi connectivity index (χ3n) is 5.20. The molecule has 0 aliphatic carbocycles. The third-order valence-corrected chi connectivity index (χ3v) is 7.38. The van der Waals surface area contributed by atoms with E-state index in [1.54, 1.807) is 22.7 Å². The first kappa shape index (κ1) is 20.5. The Morgan fingerprint density at radius 1 is 1.23 bits per heavy atom. The molecule has 1 atom stereocenters. The molecular weight excluding hydrogens is 418 g/mol. The van der Waals surface area contributed by atoms with Crippen molar-refractivity contribution in [2.45, 2.75) is 16.2 Å². The molecule has 1 unspecified atom stereocenters. The van der Waals surface area contributed by atoms with E-state index in [0.29, 0.717) is 30.8 Å². The van der Waals surface area contributed by atoms with E-state index in [1.807, 2.05) is 48.7 Å². The van der Waals surface area contributed by atoms with Crippen molar-refractivity contribution in [2.75, 3.05) is 30.4 Å². The molecule has 2 aliphatic rings. The van der Waals surface area contributed by atoms with Crippen LogP contribution in [0.1, 0.15) is 12.0 Å². The predicted molar refractivity (Wildman–Crippen MR) is 123 cm³/mol. The maximum absolute atomic E-state index is 12.8. The number of thioether (sulfide) groups is 2. The van der Waals surface area contributed by atoms with Gasteiger partial charge in [0.2, 0.25) is 0 Å². The van der Waals surface area contributed by atoms with Gasteiger partial charge in [-0.1, -0.05) is 36.0 Å². The third kappa shape index (κ3) is 3.70. The highest BCUT2D eigenvalue weighted by molar-refractivity contribution is 8.05. The molecule has 30 heavy (non-hydrogen) atoms. The van der Waals surface area contributed by atoms with Gasteiger partial charge in [0, 0.05) is 45.4 Å². The number of carbonyl (C=O) groups is 2. The van der Waals surface area contributed by atoms with E-state index in [9.17, 15) is 9.59 Å². The van der Waals surface area contributed by atoms with Gasteiger partial charge in [-0.15, -0.1) is 11.8 Å². The van der Waals surface area contributed by atoms with E-state index in [4.69, 9.17) is 11.5 Å². The van der Waals surface area contributed by atoms with Crippen LogP contribution in [0.25, 0.3) is 0 Å². The summed E-state index contributed by atoms with van der Waals surface area (Å²) < 4.78 is 0. The number of amides is 3. The van der Waals surface area contributed by atoms with Crippen molar-refractivity contribution < 1.29 is 9.59 Å². The largest absolute Gasteiger partial charge is 0.398 e. The number of nitrogen functional groups attached to an aromatic ring is 1. The summed E-state index contributed by atoms with van der Waals surface area (Å²) in [6, 6.07) is 14.8. The number of hydrogen-bond donors (Lipinski definition) is 4. The number of nitrogens with zero attached hydrogens (tertiary/aromatic N) is 1. The number of nitrogens with two attached hydrogens (primary N) is 2. The van der Waals surface area contributed by atoms with Gasteiger partial charge in [-0.3, -0.25) is 4.79 Å². The van der Waals surface area contributed by atoms with Crippen LogP contribution in [0.2, 0.25) is 0 Å². The van der Waals surface area contributed by atoms with Gasteiger partial charge in [0.05, 0.1) is 6.54 Å². The predicted octanol–water partition coefficient (Wildman–Crippen LogP) is 3.11. The second-order valence-corrected chi connectivity index (χ2v) is 9.28. The highest BCUT2D eigenvalue weighted by Crippen LogP contribution is 2.49. The molecule has 0 saturated heterocycles. The van der Waals surface area contributed by atoms with Gasteiger partial charge in [0.1, 0.15) is 0 Å². The summed E-state index contributed by atoms with van der Waals surface area (Å²) in [5.74, 6) is -0.510. The van der Waals surface area contributed by atoms with Crippen molar-refractivity contribution in [3.05, 3.63) is 64.7 Å². The first-order valence-corrected chi connectivity index (χ1v) is 11.5. The Bertz CT molecular complexity index is 1040. The first-order valence-electron chi connectivity index (χ1n) is 9.47. The van der Waals surface area contributed by atoms with Gasteiger partial charge in [0.25, 0.3) is 5.91 Å². The smallest absolute Gasteiger partial charge is 0.322 e. The number of urea groups is 1. The van der Waals surface area contributed by atoms with Crippen molar-refractivity contribution in [1.29, 1.82) is 0 Å². The van der Waals surface area contributed by atoms with E-state index in [1.165, 1.54) is 11.8 Å². The van der Waals surface area contributed by atoms with E-state index >= 15 is 0 Å². The fraction of sp³-hybridized carbons (Fsp3) is 0.238. The molecule has 156 valence electrons. The van der Waals surface area contributed by atoms with Crippen LogP contribution in [0.4, 0.5) is 16.2 Å². The minimum Gasteiger partial charge on any atom is -0.398 e. The van der Waals surface area contributed by atoms with Gasteiger partial charge in [-0.25, -0.2) is 4.79 Å². The van der Waals surface area contributed by atoms with Crippen molar-refractivity contribution >= 4 is 46.8 Å². The van der Waals surface area contributed by atoms with Crippen molar-refractivity contribution in [3.63, 3.8) is 0 Å². The SMILES string of the molecule is CSc1cccc(NC(=O)N2CCC3=C(C2)SC(C(N)=O)(c2ccccc2N)N3)c1. The normalized spacial score (nSPS) is 20.5. The minimum absolute atomic E-state index is 0.170. The summed E-state index contributed by atoms with van der Waals surface area (Å²) in [4.78, 5) is 27.9. The maximum atomic E-state index is 12.8. The van der Waals surface area contributed by atoms with Crippen LogP contribution in [0.15, 0.2) is 64.0 Å². The molecule has 0 spiro atoms. The van der Waals surface area contributed by atoms with Gasteiger partial charge in [0.15, 0.2) is 4.87 Å². The molecule has 0 saturated carbocycles. The Balaban J connectivity index is 1.51. The van der Waals surface area contributed by atoms with Crippen LogP contribution in [-0.4, -0.2) is 36.2 Å². The summed E-state index contributed by atoms with van der Waals surface area (Å²) in [5.41, 5.74) is 14.8. The number of benzene rings is 2. The molecule has 2 aromatic carbocycles. The number of nitrogens with one attached hydrogen (secondary N) is 2. The number of hydrogen-bond acceptors (Lipinski definition) is 6. The highest BCUT2D eigenvalue weighted by Gasteiger charge is 2.48. The van der Waals surface area contributed by atoms with Crippen molar-refractivity contribution in [2.24, 2.45) is 5.73 Å². The van der Waals surface area contributed by atoms with Crippen LogP contribution in [0.5, 0.6) is 0 Å². The van der Waals surface area contributed by atoms with Crippen molar-refractivity contribution in [3.8, 4) is 0 Å². The quantitative estimate of drug-likeness (QED) is 0.428. The molecule has 6 N–H and O–H groups in total. The molecule has 9 heteroatoms. The molecular formula is C21H23N5O2S2. The molecule has 3 amide bonds. The van der Waals surface area contributed by atoms with Gasteiger partial charge in [-0.2, -0.15) is 0 Å². The Hall–Kier alpha value is -2.78. The fourth-order valence-corrected chi connectivity index (χ4v) is 5.54. The lowest BCUT2D eigenvalue weighted by atomic mass is 10.0. The average molecular weight is 442 g/mol. The molecule has 0 fully saturated rings. The molecule has 0 aromatic heterocycles. The van der Waals surface area contributed by atoms with E-state index < -0.39 is 10.8 Å². The van der Waals surface area contributed by atoms with Gasteiger partial charge >= 0.3 is 6.03 Å². The molecule has 7 nitrogen and oxygen atoms in total. The Morgan fingerprint density at radius 3 is 2.77 bits per heavy atom. The highest BCUT2D eigenvalue weighted by atomic mass is 32.2. The number of para-hydroxylation sites is 1. The standard InChI is InChI=1S/C21H23N5O2S2/c1-29-14-6-4-5-13(11-14)24-20(28)26-10-9-17-18(12-26)30-21(25-17,19(23)27)15-7-2-3-8-16(15)22/h2-8,11,25H,9-10,12,22H2,1H3,(H2,23,27)(H,24,28). The lowest BCUT2D eigenvalue weighted by Crippen LogP contribution is -2.47. The molecule has 4 rings (SSSR count). The number of rotatable bonds is 4. The monoisotopic (exact) mass is 441 g/mol. The molecule has 0 bridgehead atoms. The van der Waals surface area contributed by atoms with Crippen molar-refractivity contribution in [1.82, 2.24) is 10.2 Å².